The maximum Gasteiger partial charge on any atom is 0.261 e. The number of nitrogens with one attached hydrogen (secondary N) is 2. The molecule has 4 rings (SSSR count). The second kappa shape index (κ2) is 9.54. The average Bonchev–Trinajstić information content (AvgIpc) is 3.50. The summed E-state index contributed by atoms with van der Waals surface area (Å²) >= 11 is 0. The van der Waals surface area contributed by atoms with Crippen molar-refractivity contribution in [3.8, 4) is 0 Å². The van der Waals surface area contributed by atoms with E-state index in [1.165, 1.54) is 48.5 Å². The average molecular weight is 458 g/mol. The van der Waals surface area contributed by atoms with E-state index in [4.69, 9.17) is 4.42 Å². The zero-order valence-corrected chi connectivity index (χ0v) is 18.1. The van der Waals surface area contributed by atoms with Crippen molar-refractivity contribution in [3.05, 3.63) is 84.1 Å². The Hall–Kier alpha value is -3.17. The Morgan fingerprint density at radius 1 is 1.03 bits per heavy atom. The van der Waals surface area contributed by atoms with Gasteiger partial charge >= 0.3 is 0 Å². The van der Waals surface area contributed by atoms with Gasteiger partial charge in [-0.3, -0.25) is 14.4 Å². The van der Waals surface area contributed by atoms with Crippen molar-refractivity contribution in [2.45, 2.75) is 23.8 Å². The zero-order chi connectivity index (χ0) is 22.6. The minimum absolute atomic E-state index is 0.0546. The second-order valence-corrected chi connectivity index (χ2v) is 9.28. The maximum absolute atomic E-state index is 13.8. The van der Waals surface area contributed by atoms with Gasteiger partial charge in [0.25, 0.3) is 15.9 Å². The Balaban J connectivity index is 1.42. The first kappa shape index (κ1) is 22.0. The van der Waals surface area contributed by atoms with Gasteiger partial charge < -0.3 is 9.73 Å². The number of halogens is 1. The van der Waals surface area contributed by atoms with E-state index in [0.29, 0.717) is 12.1 Å². The number of carbonyl (C=O) groups excluding carboxylic acids is 1. The number of furan rings is 1. The summed E-state index contributed by atoms with van der Waals surface area (Å²) in [4.78, 5) is 14.9. The van der Waals surface area contributed by atoms with Gasteiger partial charge in [0.05, 0.1) is 22.9 Å². The third-order valence-corrected chi connectivity index (χ3v) is 6.84. The summed E-state index contributed by atoms with van der Waals surface area (Å²) in [5.41, 5.74) is 0.189. The van der Waals surface area contributed by atoms with Crippen molar-refractivity contribution in [2.75, 3.05) is 24.4 Å². The summed E-state index contributed by atoms with van der Waals surface area (Å²) in [6, 6.07) is 14.7. The van der Waals surface area contributed by atoms with Crippen molar-refractivity contribution in [1.82, 2.24) is 10.2 Å². The topological polar surface area (TPSA) is 91.7 Å². The number of benzene rings is 2. The zero-order valence-electron chi connectivity index (χ0n) is 17.3. The van der Waals surface area contributed by atoms with Crippen LogP contribution in [0.2, 0.25) is 0 Å². The quantitative estimate of drug-likeness (QED) is 0.537. The van der Waals surface area contributed by atoms with Crippen LogP contribution in [-0.4, -0.2) is 38.9 Å². The van der Waals surface area contributed by atoms with Gasteiger partial charge in [-0.05, 0) is 74.5 Å². The minimum atomic E-state index is -3.99. The predicted octanol–water partition coefficient (Wildman–Crippen LogP) is 3.79. The second-order valence-electron chi connectivity index (χ2n) is 7.59. The molecule has 0 unspecified atom stereocenters. The van der Waals surface area contributed by atoms with Gasteiger partial charge in [0.15, 0.2) is 0 Å². The van der Waals surface area contributed by atoms with E-state index >= 15 is 0 Å². The van der Waals surface area contributed by atoms with Crippen LogP contribution in [0.1, 0.15) is 35.0 Å². The lowest BCUT2D eigenvalue weighted by atomic mass is 10.1. The van der Waals surface area contributed by atoms with E-state index in [0.717, 1.165) is 31.7 Å². The molecular formula is C23H24FN3O4S. The number of likely N-dealkylation sites (tertiary alicyclic amines) is 1. The largest absolute Gasteiger partial charge is 0.468 e. The molecule has 3 aromatic rings. The molecule has 0 saturated carbocycles. The smallest absolute Gasteiger partial charge is 0.261 e. The highest BCUT2D eigenvalue weighted by Crippen LogP contribution is 2.25. The number of hydrogen-bond acceptors (Lipinski definition) is 5. The first-order valence-corrected chi connectivity index (χ1v) is 11.9. The first-order valence-electron chi connectivity index (χ1n) is 10.4. The SMILES string of the molecule is O=C(NC[C@@H](c1ccco1)N1CCCC1)c1ccc(S(=O)(=O)Nc2ccccc2F)cc1. The molecule has 2 aromatic carbocycles. The van der Waals surface area contributed by atoms with Crippen molar-refractivity contribution in [2.24, 2.45) is 0 Å². The number of para-hydroxylation sites is 1. The van der Waals surface area contributed by atoms with Crippen molar-refractivity contribution in [3.63, 3.8) is 0 Å². The number of nitrogens with zero attached hydrogens (tertiary/aromatic N) is 1. The lowest BCUT2D eigenvalue weighted by Gasteiger charge is -2.26. The molecular weight excluding hydrogens is 433 g/mol. The molecule has 1 aliphatic heterocycles. The Bertz CT molecular complexity index is 1160. The lowest BCUT2D eigenvalue weighted by Crippen LogP contribution is -2.36. The van der Waals surface area contributed by atoms with Crippen LogP contribution in [0.3, 0.4) is 0 Å². The summed E-state index contributed by atoms with van der Waals surface area (Å²) < 4.78 is 46.6. The van der Waals surface area contributed by atoms with E-state index in [2.05, 4.69) is 14.9 Å². The molecule has 2 heterocycles. The normalized spacial score (nSPS) is 15.4. The molecule has 0 radical (unpaired) electrons. The molecule has 1 aliphatic rings. The monoisotopic (exact) mass is 457 g/mol. The molecule has 1 fully saturated rings. The van der Waals surface area contributed by atoms with Crippen LogP contribution in [0, 0.1) is 5.82 Å². The summed E-state index contributed by atoms with van der Waals surface area (Å²) in [5, 5.41) is 2.91. The van der Waals surface area contributed by atoms with Gasteiger partial charge in [0.1, 0.15) is 11.6 Å². The summed E-state index contributed by atoms with van der Waals surface area (Å²) in [7, 11) is -3.99. The van der Waals surface area contributed by atoms with Crippen molar-refractivity contribution in [1.29, 1.82) is 0 Å². The number of anilines is 1. The van der Waals surface area contributed by atoms with E-state index in [-0.39, 0.29) is 22.5 Å². The van der Waals surface area contributed by atoms with E-state index in [1.807, 2.05) is 12.1 Å². The van der Waals surface area contributed by atoms with Gasteiger partial charge in [-0.1, -0.05) is 12.1 Å². The molecule has 7 nitrogen and oxygen atoms in total. The maximum atomic E-state index is 13.8. The van der Waals surface area contributed by atoms with Crippen LogP contribution < -0.4 is 10.0 Å². The third-order valence-electron chi connectivity index (χ3n) is 5.45. The van der Waals surface area contributed by atoms with Crippen LogP contribution >= 0.6 is 0 Å². The highest BCUT2D eigenvalue weighted by molar-refractivity contribution is 7.92. The van der Waals surface area contributed by atoms with Gasteiger partial charge in [-0.15, -0.1) is 0 Å². The molecule has 0 aliphatic carbocycles. The molecule has 168 valence electrons. The first-order chi connectivity index (χ1) is 15.4. The molecule has 9 heteroatoms. The van der Waals surface area contributed by atoms with Gasteiger partial charge in [0.2, 0.25) is 0 Å². The summed E-state index contributed by atoms with van der Waals surface area (Å²) in [5.74, 6) is -0.184. The fourth-order valence-electron chi connectivity index (χ4n) is 3.77. The number of hydrogen-bond donors (Lipinski definition) is 2. The lowest BCUT2D eigenvalue weighted by molar-refractivity contribution is 0.0933. The molecule has 2 N–H and O–H groups in total. The van der Waals surface area contributed by atoms with Crippen molar-refractivity contribution >= 4 is 21.6 Å². The van der Waals surface area contributed by atoms with Crippen LogP contribution in [0.15, 0.2) is 76.2 Å². The van der Waals surface area contributed by atoms with E-state index in [1.54, 1.807) is 6.26 Å². The molecule has 1 atom stereocenters. The van der Waals surface area contributed by atoms with Gasteiger partial charge in [-0.2, -0.15) is 0 Å². The van der Waals surface area contributed by atoms with Crippen molar-refractivity contribution < 1.29 is 22.0 Å². The number of sulfonamides is 1. The van der Waals surface area contributed by atoms with E-state index < -0.39 is 15.8 Å². The number of amides is 1. The fourth-order valence-corrected chi connectivity index (χ4v) is 4.84. The Kier molecular flexibility index (Phi) is 6.57. The standard InChI is InChI=1S/C23H24FN3O4S/c24-19-6-1-2-7-20(19)26-32(29,30)18-11-9-17(10-12-18)23(28)25-16-21(22-8-5-15-31-22)27-13-3-4-14-27/h1-2,5-12,15,21,26H,3-4,13-14,16H2,(H,25,28)/t21-/m0/s1. The third kappa shape index (κ3) is 5.00. The fraction of sp³-hybridized carbons (Fsp3) is 0.261. The van der Waals surface area contributed by atoms with E-state index in [9.17, 15) is 17.6 Å². The minimum Gasteiger partial charge on any atom is -0.468 e. The number of carbonyl (C=O) groups is 1. The molecule has 32 heavy (non-hydrogen) atoms. The molecule has 1 aromatic heterocycles. The summed E-state index contributed by atoms with van der Waals surface area (Å²) in [6.07, 6.45) is 3.85. The van der Waals surface area contributed by atoms with Crippen LogP contribution in [0.25, 0.3) is 0 Å². The van der Waals surface area contributed by atoms with Crippen LogP contribution in [-0.2, 0) is 10.0 Å². The highest BCUT2D eigenvalue weighted by atomic mass is 32.2. The van der Waals surface area contributed by atoms with Gasteiger partial charge in [0, 0.05) is 12.1 Å². The Morgan fingerprint density at radius 3 is 2.41 bits per heavy atom. The highest BCUT2D eigenvalue weighted by Gasteiger charge is 2.26. The number of rotatable bonds is 8. The molecule has 0 bridgehead atoms. The summed E-state index contributed by atoms with van der Waals surface area (Å²) in [6.45, 7) is 2.27. The molecule has 1 amide bonds. The van der Waals surface area contributed by atoms with Crippen LogP contribution in [0.5, 0.6) is 0 Å². The Labute approximate surface area is 186 Å². The predicted molar refractivity (Wildman–Crippen MR) is 118 cm³/mol. The van der Waals surface area contributed by atoms with Gasteiger partial charge in [-0.25, -0.2) is 12.8 Å². The van der Waals surface area contributed by atoms with Crippen LogP contribution in [0.4, 0.5) is 10.1 Å². The molecule has 1 saturated heterocycles. The molecule has 0 spiro atoms. The Morgan fingerprint density at radius 2 is 1.75 bits per heavy atom.